The van der Waals surface area contributed by atoms with Crippen molar-refractivity contribution in [3.8, 4) is 0 Å². The Morgan fingerprint density at radius 2 is 1.92 bits per heavy atom. The fourth-order valence-electron chi connectivity index (χ4n) is 0.775. The number of anilines is 1. The van der Waals surface area contributed by atoms with Gasteiger partial charge in [-0.15, -0.1) is 0 Å². The molecule has 0 heterocycles. The first kappa shape index (κ1) is 9.84. The summed E-state index contributed by atoms with van der Waals surface area (Å²) >= 11 is 0. The standard InChI is InChI=1S/C8H9NO3S/c1-9(2)7-3-5-8(6-4-7)13(10,11)12/h3,5H,1-2H3,(H,10,11,12). The molecular formula is C8H9NO3S. The van der Waals surface area contributed by atoms with Gasteiger partial charge in [0.2, 0.25) is 0 Å². The highest BCUT2D eigenvalue weighted by Gasteiger charge is 2.08. The van der Waals surface area contributed by atoms with Crippen LogP contribution >= 0.6 is 0 Å². The van der Waals surface area contributed by atoms with Crippen molar-refractivity contribution in [1.82, 2.24) is 0 Å². The summed E-state index contributed by atoms with van der Waals surface area (Å²) < 4.78 is 29.8. The van der Waals surface area contributed by atoms with Gasteiger partial charge in [0.15, 0.2) is 0 Å². The molecule has 0 bridgehead atoms. The van der Waals surface area contributed by atoms with E-state index in [1.54, 1.807) is 25.1 Å². The molecule has 0 fully saturated rings. The van der Waals surface area contributed by atoms with E-state index in [-0.39, 0.29) is 4.90 Å². The summed E-state index contributed by atoms with van der Waals surface area (Å²) in [5.41, 5.74) is 0.701. The lowest BCUT2D eigenvalue weighted by Crippen LogP contribution is -2.08. The third-order valence-electron chi connectivity index (χ3n) is 1.47. The van der Waals surface area contributed by atoms with Gasteiger partial charge in [0.05, 0.1) is 5.69 Å². The smallest absolute Gasteiger partial charge is 0.302 e. The van der Waals surface area contributed by atoms with Gasteiger partial charge >= 0.3 is 10.1 Å². The van der Waals surface area contributed by atoms with Crippen LogP contribution in [0, 0.1) is 12.1 Å². The molecule has 0 unspecified atom stereocenters. The van der Waals surface area contributed by atoms with Gasteiger partial charge in [-0.2, -0.15) is 8.42 Å². The van der Waals surface area contributed by atoms with Crippen LogP contribution in [0.3, 0.4) is 0 Å². The molecule has 0 radical (unpaired) electrons. The molecule has 0 aliphatic heterocycles. The predicted molar refractivity (Wildman–Crippen MR) is 48.3 cm³/mol. The third-order valence-corrected chi connectivity index (χ3v) is 2.26. The molecular weight excluding hydrogens is 190 g/mol. The maximum absolute atomic E-state index is 10.6. The quantitative estimate of drug-likeness (QED) is 0.708. The molecule has 0 saturated carbocycles. The zero-order valence-corrected chi connectivity index (χ0v) is 8.09. The molecule has 13 heavy (non-hydrogen) atoms. The average molecular weight is 199 g/mol. The monoisotopic (exact) mass is 199 g/mol. The van der Waals surface area contributed by atoms with Crippen LogP contribution in [0.15, 0.2) is 17.0 Å². The molecule has 1 rings (SSSR count). The summed E-state index contributed by atoms with van der Waals surface area (Å²) in [4.78, 5) is 1.49. The Bertz CT molecular complexity index is 380. The van der Waals surface area contributed by atoms with Gasteiger partial charge in [0.1, 0.15) is 4.90 Å². The van der Waals surface area contributed by atoms with Gasteiger partial charge < -0.3 is 4.90 Å². The van der Waals surface area contributed by atoms with Gasteiger partial charge in [0, 0.05) is 14.1 Å². The van der Waals surface area contributed by atoms with Crippen molar-refractivity contribution >= 4 is 15.8 Å². The Morgan fingerprint density at radius 3 is 2.23 bits per heavy atom. The van der Waals surface area contributed by atoms with E-state index in [1.165, 1.54) is 6.07 Å². The van der Waals surface area contributed by atoms with Crippen LogP contribution in [0.2, 0.25) is 0 Å². The number of hydrogen-bond donors (Lipinski definition) is 1. The zero-order chi connectivity index (χ0) is 10.1. The molecule has 4 nitrogen and oxygen atoms in total. The van der Waals surface area contributed by atoms with Gasteiger partial charge in [-0.25, -0.2) is 0 Å². The van der Waals surface area contributed by atoms with E-state index in [4.69, 9.17) is 4.55 Å². The van der Waals surface area contributed by atoms with Crippen molar-refractivity contribution in [2.75, 3.05) is 19.0 Å². The Labute approximate surface area is 77.5 Å². The van der Waals surface area contributed by atoms with Crippen LogP contribution in [0.4, 0.5) is 5.69 Å². The summed E-state index contributed by atoms with van der Waals surface area (Å²) in [6, 6.07) is 7.78. The highest BCUT2D eigenvalue weighted by molar-refractivity contribution is 7.85. The second kappa shape index (κ2) is 3.24. The minimum atomic E-state index is -4.15. The number of hydrogen-bond acceptors (Lipinski definition) is 3. The van der Waals surface area contributed by atoms with Crippen LogP contribution in [-0.2, 0) is 10.1 Å². The first-order valence-electron chi connectivity index (χ1n) is 3.50. The molecule has 0 saturated heterocycles. The van der Waals surface area contributed by atoms with Crippen LogP contribution in [0.25, 0.3) is 0 Å². The normalized spacial score (nSPS) is 10.7. The molecule has 0 amide bonds. The van der Waals surface area contributed by atoms with Crippen molar-refractivity contribution < 1.29 is 13.0 Å². The van der Waals surface area contributed by atoms with Crippen molar-refractivity contribution in [3.05, 3.63) is 24.3 Å². The highest BCUT2D eigenvalue weighted by atomic mass is 32.2. The topological polar surface area (TPSA) is 57.6 Å². The summed E-state index contributed by atoms with van der Waals surface area (Å²) in [5.74, 6) is 0. The minimum absolute atomic E-state index is 0.266. The van der Waals surface area contributed by atoms with E-state index in [0.29, 0.717) is 5.69 Å². The van der Waals surface area contributed by atoms with E-state index in [1.807, 2.05) is 0 Å². The SMILES string of the molecule is CN(C)c1c#cc(S(=O)(=O)O)cc1. The Kier molecular flexibility index (Phi) is 2.45. The molecule has 70 valence electrons. The maximum Gasteiger partial charge on any atom is 0.302 e. The number of nitrogens with zero attached hydrogens (tertiary/aromatic N) is 1. The molecule has 1 aromatic rings. The maximum atomic E-state index is 10.6. The highest BCUT2D eigenvalue weighted by Crippen LogP contribution is 2.10. The lowest BCUT2D eigenvalue weighted by molar-refractivity contribution is 0.483. The first-order chi connectivity index (χ1) is 5.91. The number of rotatable bonds is 2. The third kappa shape index (κ3) is 2.34. The second-order valence-electron chi connectivity index (χ2n) is 2.70. The van der Waals surface area contributed by atoms with Crippen LogP contribution in [0.1, 0.15) is 0 Å². The average Bonchev–Trinajstić information content (AvgIpc) is 2.03. The Hall–Kier alpha value is -1.25. The van der Waals surface area contributed by atoms with Crippen LogP contribution < -0.4 is 4.90 Å². The van der Waals surface area contributed by atoms with E-state index in [0.717, 1.165) is 0 Å². The Balaban J connectivity index is 3.08. The van der Waals surface area contributed by atoms with Crippen molar-refractivity contribution in [1.29, 1.82) is 0 Å². The molecule has 0 aliphatic rings. The molecule has 0 spiro atoms. The summed E-state index contributed by atoms with van der Waals surface area (Å²) in [6.07, 6.45) is 0. The predicted octanol–water partition coefficient (Wildman–Crippen LogP) is 0.600. The van der Waals surface area contributed by atoms with Crippen molar-refractivity contribution in [2.45, 2.75) is 4.90 Å². The molecule has 1 aromatic carbocycles. The van der Waals surface area contributed by atoms with E-state index >= 15 is 0 Å². The largest absolute Gasteiger partial charge is 0.371 e. The van der Waals surface area contributed by atoms with E-state index in [9.17, 15) is 8.42 Å². The molecule has 5 heteroatoms. The second-order valence-corrected chi connectivity index (χ2v) is 4.09. The van der Waals surface area contributed by atoms with Gasteiger partial charge in [-0.1, -0.05) is 0 Å². The summed E-state index contributed by atoms with van der Waals surface area (Å²) in [7, 11) is -0.554. The molecule has 0 aromatic heterocycles. The van der Waals surface area contributed by atoms with Crippen LogP contribution in [0.5, 0.6) is 0 Å². The zero-order valence-electron chi connectivity index (χ0n) is 7.27. The van der Waals surface area contributed by atoms with E-state index < -0.39 is 10.1 Å². The molecule has 1 N–H and O–H groups in total. The minimum Gasteiger partial charge on any atom is -0.371 e. The van der Waals surface area contributed by atoms with Crippen LogP contribution in [-0.4, -0.2) is 27.1 Å². The first-order valence-corrected chi connectivity index (χ1v) is 4.94. The van der Waals surface area contributed by atoms with Crippen molar-refractivity contribution in [3.63, 3.8) is 0 Å². The van der Waals surface area contributed by atoms with Gasteiger partial charge in [-0.3, -0.25) is 4.55 Å². The summed E-state index contributed by atoms with van der Waals surface area (Å²) in [5, 5.41) is 0. The lowest BCUT2D eigenvalue weighted by atomic mass is 10.3. The van der Waals surface area contributed by atoms with Crippen molar-refractivity contribution in [2.24, 2.45) is 0 Å². The fourth-order valence-corrected chi connectivity index (χ4v) is 1.19. The fraction of sp³-hybridized carbons (Fsp3) is 0.250. The summed E-state index contributed by atoms with van der Waals surface area (Å²) in [6.45, 7) is 0. The molecule has 0 atom stereocenters. The Morgan fingerprint density at radius 1 is 1.31 bits per heavy atom. The van der Waals surface area contributed by atoms with Gasteiger partial charge in [0.25, 0.3) is 0 Å². The molecule has 0 aliphatic carbocycles. The lowest BCUT2D eigenvalue weighted by Gasteiger charge is -2.08. The van der Waals surface area contributed by atoms with E-state index in [2.05, 4.69) is 12.1 Å². The van der Waals surface area contributed by atoms with Gasteiger partial charge in [-0.05, 0) is 24.3 Å².